The van der Waals surface area contributed by atoms with Gasteiger partial charge in [0.2, 0.25) is 11.8 Å². The number of hydrogen-bond acceptors (Lipinski definition) is 10. The highest BCUT2D eigenvalue weighted by molar-refractivity contribution is 8.01. The molecule has 42 heavy (non-hydrogen) atoms. The van der Waals surface area contributed by atoms with E-state index < -0.39 is 11.9 Å². The molecule has 230 valence electrons. The number of rotatable bonds is 16. The second kappa shape index (κ2) is 16.2. The standard InChI is InChI=1S/C30H40N2O8S2/c1-19(2)29(35)39-17-15-37-13-11-31-25(33)21(5)41-27(31)23-7-9-24(10-8-23)28-32(26(34)22(6)42-28)12-14-38-16-18-40-30(36)20(3)4/h7-10,21-22,27-28H,1,3,11-18H2,2,4-6H3. The molecule has 2 amide bonds. The van der Waals surface area contributed by atoms with E-state index in [4.69, 9.17) is 18.9 Å². The lowest BCUT2D eigenvalue weighted by Gasteiger charge is -2.26. The monoisotopic (exact) mass is 620 g/mol. The Balaban J connectivity index is 1.53. The predicted molar refractivity (Wildman–Crippen MR) is 163 cm³/mol. The number of esters is 2. The summed E-state index contributed by atoms with van der Waals surface area (Å²) >= 11 is 3.18. The van der Waals surface area contributed by atoms with Gasteiger partial charge in [0.05, 0.1) is 36.9 Å². The molecular weight excluding hydrogens is 580 g/mol. The van der Waals surface area contributed by atoms with Gasteiger partial charge < -0.3 is 28.7 Å². The fourth-order valence-electron chi connectivity index (χ4n) is 4.31. The minimum atomic E-state index is -0.452. The Labute approximate surface area is 256 Å². The molecule has 10 nitrogen and oxygen atoms in total. The molecule has 0 bridgehead atoms. The van der Waals surface area contributed by atoms with Crippen LogP contribution in [0, 0.1) is 0 Å². The molecule has 2 fully saturated rings. The predicted octanol–water partition coefficient (Wildman–Crippen LogP) is 3.88. The third-order valence-corrected chi connectivity index (χ3v) is 9.36. The first-order valence-corrected chi connectivity index (χ1v) is 15.7. The molecular formula is C30H40N2O8S2. The van der Waals surface area contributed by atoms with Crippen molar-refractivity contribution in [3.63, 3.8) is 0 Å². The van der Waals surface area contributed by atoms with Crippen molar-refractivity contribution >= 4 is 47.3 Å². The van der Waals surface area contributed by atoms with Crippen molar-refractivity contribution in [3.05, 3.63) is 59.7 Å². The average Bonchev–Trinajstić information content (AvgIpc) is 3.41. The van der Waals surface area contributed by atoms with Crippen LogP contribution in [0.1, 0.15) is 49.6 Å². The first-order chi connectivity index (χ1) is 20.0. The number of amides is 2. The van der Waals surface area contributed by atoms with Crippen LogP contribution in [0.5, 0.6) is 0 Å². The SMILES string of the molecule is C=C(C)C(=O)OCCOCCN1C(=O)C(C)SC1c1ccc(C2SC(C)C(=O)N2CCOCCOC(=O)C(=C)C)cc1. The molecule has 2 heterocycles. The van der Waals surface area contributed by atoms with Crippen molar-refractivity contribution in [1.29, 1.82) is 0 Å². The molecule has 3 rings (SSSR count). The number of carbonyl (C=O) groups excluding carboxylic acids is 4. The molecule has 4 atom stereocenters. The van der Waals surface area contributed by atoms with Gasteiger partial charge >= 0.3 is 11.9 Å². The smallest absolute Gasteiger partial charge is 0.333 e. The van der Waals surface area contributed by atoms with E-state index in [1.165, 1.54) is 0 Å². The first kappa shape index (κ1) is 33.7. The van der Waals surface area contributed by atoms with Crippen molar-refractivity contribution in [1.82, 2.24) is 9.80 Å². The third kappa shape index (κ3) is 9.10. The normalized spacial score (nSPS) is 22.0. The van der Waals surface area contributed by atoms with Crippen molar-refractivity contribution in [2.45, 2.75) is 48.9 Å². The summed E-state index contributed by atoms with van der Waals surface area (Å²) in [6.45, 7) is 16.3. The van der Waals surface area contributed by atoms with Gasteiger partial charge in [0.25, 0.3) is 0 Å². The topological polar surface area (TPSA) is 112 Å². The van der Waals surface area contributed by atoms with Crippen LogP contribution >= 0.6 is 23.5 Å². The van der Waals surface area contributed by atoms with Crippen molar-refractivity contribution in [2.75, 3.05) is 52.7 Å². The Morgan fingerprint density at radius 1 is 0.690 bits per heavy atom. The van der Waals surface area contributed by atoms with Gasteiger partial charge in [-0.1, -0.05) is 37.4 Å². The maximum atomic E-state index is 12.9. The van der Waals surface area contributed by atoms with Crippen LogP contribution in [-0.2, 0) is 38.1 Å². The van der Waals surface area contributed by atoms with Gasteiger partial charge in [0.15, 0.2) is 0 Å². The second-order valence-corrected chi connectivity index (χ2v) is 12.9. The lowest BCUT2D eigenvalue weighted by molar-refractivity contribution is -0.141. The lowest BCUT2D eigenvalue weighted by atomic mass is 10.1. The number of carbonyl (C=O) groups is 4. The number of nitrogens with zero attached hydrogens (tertiary/aromatic N) is 2. The zero-order valence-electron chi connectivity index (χ0n) is 24.7. The Morgan fingerprint density at radius 2 is 1.05 bits per heavy atom. The molecule has 1 aromatic carbocycles. The van der Waals surface area contributed by atoms with E-state index >= 15 is 0 Å². The molecule has 0 aliphatic carbocycles. The summed E-state index contributed by atoms with van der Waals surface area (Å²) in [6, 6.07) is 8.06. The molecule has 0 N–H and O–H groups in total. The van der Waals surface area contributed by atoms with Crippen molar-refractivity contribution in [3.8, 4) is 0 Å². The van der Waals surface area contributed by atoms with Crippen LogP contribution in [0.25, 0.3) is 0 Å². The molecule has 12 heteroatoms. The largest absolute Gasteiger partial charge is 0.460 e. The second-order valence-electron chi connectivity index (χ2n) is 10.0. The molecule has 2 aliphatic heterocycles. The fraction of sp³-hybridized carbons (Fsp3) is 0.533. The molecule has 0 aromatic heterocycles. The molecule has 2 aliphatic rings. The van der Waals surface area contributed by atoms with E-state index in [2.05, 4.69) is 13.2 Å². The summed E-state index contributed by atoms with van der Waals surface area (Å²) in [5.41, 5.74) is 2.67. The third-order valence-electron chi connectivity index (χ3n) is 6.57. The van der Waals surface area contributed by atoms with Crippen LogP contribution in [0.4, 0.5) is 0 Å². The summed E-state index contributed by atoms with van der Waals surface area (Å²) in [6.07, 6.45) is 0. The van der Waals surface area contributed by atoms with Gasteiger partial charge in [0, 0.05) is 24.2 Å². The Kier molecular flexibility index (Phi) is 13.0. The molecule has 2 saturated heterocycles. The quantitative estimate of drug-likeness (QED) is 0.153. The van der Waals surface area contributed by atoms with Crippen LogP contribution in [0.3, 0.4) is 0 Å². The first-order valence-electron chi connectivity index (χ1n) is 13.8. The van der Waals surface area contributed by atoms with Crippen LogP contribution in [0.15, 0.2) is 48.6 Å². The van der Waals surface area contributed by atoms with E-state index in [0.29, 0.717) is 37.4 Å². The molecule has 4 unspecified atom stereocenters. The van der Waals surface area contributed by atoms with E-state index in [0.717, 1.165) is 11.1 Å². The summed E-state index contributed by atoms with van der Waals surface area (Å²) < 4.78 is 21.3. The lowest BCUT2D eigenvalue weighted by Crippen LogP contribution is -2.34. The van der Waals surface area contributed by atoms with E-state index in [-0.39, 0.29) is 59.5 Å². The van der Waals surface area contributed by atoms with Gasteiger partial charge in [-0.25, -0.2) is 9.59 Å². The van der Waals surface area contributed by atoms with E-state index in [1.807, 2.05) is 47.9 Å². The van der Waals surface area contributed by atoms with Gasteiger partial charge in [-0.15, -0.1) is 23.5 Å². The van der Waals surface area contributed by atoms with Gasteiger partial charge in [-0.2, -0.15) is 0 Å². The number of benzene rings is 1. The minimum absolute atomic E-state index is 0.0534. The Hall–Kier alpha value is -2.80. The van der Waals surface area contributed by atoms with Crippen LogP contribution in [-0.4, -0.2) is 96.8 Å². The average molecular weight is 621 g/mol. The Bertz CT molecular complexity index is 1070. The minimum Gasteiger partial charge on any atom is -0.460 e. The maximum absolute atomic E-state index is 12.9. The molecule has 1 aromatic rings. The number of hydrogen-bond donors (Lipinski definition) is 0. The van der Waals surface area contributed by atoms with E-state index in [1.54, 1.807) is 37.4 Å². The highest BCUT2D eigenvalue weighted by atomic mass is 32.2. The fourth-order valence-corrected chi connectivity index (χ4v) is 6.93. The highest BCUT2D eigenvalue weighted by Gasteiger charge is 2.40. The number of thioether (sulfide) groups is 2. The molecule has 0 spiro atoms. The van der Waals surface area contributed by atoms with Gasteiger partial charge in [-0.05, 0) is 38.8 Å². The van der Waals surface area contributed by atoms with E-state index in [9.17, 15) is 19.2 Å². The zero-order chi connectivity index (χ0) is 30.8. The van der Waals surface area contributed by atoms with Gasteiger partial charge in [-0.3, -0.25) is 9.59 Å². The molecule has 0 radical (unpaired) electrons. The van der Waals surface area contributed by atoms with Crippen LogP contribution < -0.4 is 0 Å². The van der Waals surface area contributed by atoms with Crippen molar-refractivity contribution < 1.29 is 38.1 Å². The van der Waals surface area contributed by atoms with Crippen LogP contribution in [0.2, 0.25) is 0 Å². The summed E-state index contributed by atoms with van der Waals surface area (Å²) in [5.74, 6) is -0.797. The summed E-state index contributed by atoms with van der Waals surface area (Å²) in [7, 11) is 0. The van der Waals surface area contributed by atoms with Gasteiger partial charge in [0.1, 0.15) is 24.0 Å². The summed E-state index contributed by atoms with van der Waals surface area (Å²) in [5, 5.41) is -0.636. The maximum Gasteiger partial charge on any atom is 0.333 e. The Morgan fingerprint density at radius 3 is 1.38 bits per heavy atom. The number of ether oxygens (including phenoxy) is 4. The zero-order valence-corrected chi connectivity index (χ0v) is 26.3. The van der Waals surface area contributed by atoms with Crippen molar-refractivity contribution in [2.24, 2.45) is 0 Å². The molecule has 0 saturated carbocycles. The highest BCUT2D eigenvalue weighted by Crippen LogP contribution is 2.45. The summed E-state index contributed by atoms with van der Waals surface area (Å²) in [4.78, 5) is 52.3.